The van der Waals surface area contributed by atoms with E-state index in [4.69, 9.17) is 27.9 Å². The van der Waals surface area contributed by atoms with E-state index in [0.717, 1.165) is 16.1 Å². The van der Waals surface area contributed by atoms with Crippen LogP contribution in [0.2, 0.25) is 10.2 Å². The minimum absolute atomic E-state index is 0.0294. The van der Waals surface area contributed by atoms with Gasteiger partial charge in [0.2, 0.25) is 5.88 Å². The first-order valence-electron chi connectivity index (χ1n) is 6.63. The molecule has 4 nitrogen and oxygen atoms in total. The van der Waals surface area contributed by atoms with Crippen LogP contribution in [0, 0.1) is 23.0 Å². The molecule has 0 saturated carbocycles. The standard InChI is InChI=1S/C15H6Cl2F3N3OS/c16-9-4-12-13(7(5-21)14(17)23(12)25-20)22-15(9)24-6-8-10(18)2-1-3-11(8)19/h1-4H,6H2. The number of nitriles is 1. The van der Waals surface area contributed by atoms with Crippen LogP contribution in [0.25, 0.3) is 11.0 Å². The number of fused-ring (bicyclic) bond motifs is 1. The van der Waals surface area contributed by atoms with Crippen LogP contribution in [-0.2, 0) is 6.61 Å². The van der Waals surface area contributed by atoms with Gasteiger partial charge in [-0.05, 0) is 18.2 Å². The average Bonchev–Trinajstić information content (AvgIpc) is 2.84. The second-order valence-corrected chi connectivity index (χ2v) is 6.04. The molecule has 0 saturated heterocycles. The summed E-state index contributed by atoms with van der Waals surface area (Å²) in [4.78, 5) is 4.04. The van der Waals surface area contributed by atoms with Crippen molar-refractivity contribution in [2.75, 3.05) is 0 Å². The second kappa shape index (κ2) is 7.04. The maximum absolute atomic E-state index is 13.6. The van der Waals surface area contributed by atoms with Gasteiger partial charge >= 0.3 is 0 Å². The highest BCUT2D eigenvalue weighted by Crippen LogP contribution is 2.36. The van der Waals surface area contributed by atoms with Gasteiger partial charge in [-0.3, -0.25) is 0 Å². The highest BCUT2D eigenvalue weighted by atomic mass is 35.5. The van der Waals surface area contributed by atoms with Gasteiger partial charge in [0.05, 0.1) is 11.1 Å². The van der Waals surface area contributed by atoms with E-state index in [-0.39, 0.29) is 50.5 Å². The third kappa shape index (κ3) is 3.11. The second-order valence-electron chi connectivity index (χ2n) is 4.77. The Bertz CT molecular complexity index is 999. The molecule has 25 heavy (non-hydrogen) atoms. The maximum Gasteiger partial charge on any atom is 0.233 e. The third-order valence-corrected chi connectivity index (χ3v) is 4.61. The Balaban J connectivity index is 2.03. The molecule has 0 atom stereocenters. The number of pyridine rings is 1. The number of aromatic nitrogens is 2. The summed E-state index contributed by atoms with van der Waals surface area (Å²) in [6, 6.07) is 6.52. The van der Waals surface area contributed by atoms with Crippen LogP contribution in [0.5, 0.6) is 5.88 Å². The molecule has 0 spiro atoms. The molecule has 128 valence electrons. The van der Waals surface area contributed by atoms with Crippen molar-refractivity contribution >= 4 is 46.6 Å². The molecule has 3 rings (SSSR count). The van der Waals surface area contributed by atoms with E-state index in [1.165, 1.54) is 12.1 Å². The van der Waals surface area contributed by atoms with Crippen molar-refractivity contribution in [1.82, 2.24) is 8.96 Å². The Kier molecular flexibility index (Phi) is 4.99. The molecule has 0 aliphatic carbocycles. The molecule has 0 N–H and O–H groups in total. The first-order valence-corrected chi connectivity index (χ1v) is 8.06. The van der Waals surface area contributed by atoms with Gasteiger partial charge in [0.15, 0.2) is 12.3 Å². The van der Waals surface area contributed by atoms with E-state index in [1.807, 2.05) is 6.07 Å². The summed E-state index contributed by atoms with van der Waals surface area (Å²) >= 11 is 11.7. The molecule has 0 bridgehead atoms. The number of hydrogen-bond donors (Lipinski definition) is 0. The van der Waals surface area contributed by atoms with Crippen molar-refractivity contribution in [1.29, 1.82) is 5.26 Å². The molecule has 0 fully saturated rings. The first-order chi connectivity index (χ1) is 12.0. The van der Waals surface area contributed by atoms with Crippen LogP contribution < -0.4 is 4.74 Å². The summed E-state index contributed by atoms with van der Waals surface area (Å²) in [6.07, 6.45) is 0. The topological polar surface area (TPSA) is 50.8 Å². The molecule has 0 aliphatic heterocycles. The summed E-state index contributed by atoms with van der Waals surface area (Å²) in [5.74, 6) is -1.72. The van der Waals surface area contributed by atoms with Crippen LogP contribution >= 0.6 is 35.5 Å². The Morgan fingerprint density at radius 1 is 1.28 bits per heavy atom. The SMILES string of the molecule is N#Cc1c(Cl)n(SF)c2cc(Cl)c(OCc3c(F)cccc3F)nc12. The molecule has 10 heteroatoms. The highest BCUT2D eigenvalue weighted by Gasteiger charge is 2.21. The predicted octanol–water partition coefficient (Wildman–Crippen LogP) is 5.45. The largest absolute Gasteiger partial charge is 0.471 e. The van der Waals surface area contributed by atoms with Crippen molar-refractivity contribution in [2.45, 2.75) is 6.61 Å². The fourth-order valence-corrected chi connectivity index (χ4v) is 3.05. The van der Waals surface area contributed by atoms with E-state index in [2.05, 4.69) is 4.98 Å². The zero-order chi connectivity index (χ0) is 18.1. The van der Waals surface area contributed by atoms with E-state index < -0.39 is 18.2 Å². The number of halogens is 5. The van der Waals surface area contributed by atoms with Gasteiger partial charge in [0, 0.05) is 0 Å². The van der Waals surface area contributed by atoms with Crippen molar-refractivity contribution in [3.8, 4) is 11.9 Å². The van der Waals surface area contributed by atoms with Gasteiger partial charge in [-0.25, -0.2) is 17.7 Å². The highest BCUT2D eigenvalue weighted by molar-refractivity contribution is 7.93. The summed E-state index contributed by atoms with van der Waals surface area (Å²) in [5.41, 5.74) is -0.134. The van der Waals surface area contributed by atoms with Gasteiger partial charge in [0.25, 0.3) is 0 Å². The minimum atomic E-state index is -0.780. The number of nitrogens with zero attached hydrogens (tertiary/aromatic N) is 3. The van der Waals surface area contributed by atoms with Gasteiger partial charge in [-0.2, -0.15) is 5.26 Å². The molecule has 0 unspecified atom stereocenters. The Hall–Kier alpha value is -2.08. The number of ether oxygens (including phenoxy) is 1. The Morgan fingerprint density at radius 2 is 1.96 bits per heavy atom. The summed E-state index contributed by atoms with van der Waals surface area (Å²) < 4.78 is 46.6. The van der Waals surface area contributed by atoms with Crippen LogP contribution in [0.4, 0.5) is 12.7 Å². The molecule has 2 heterocycles. The fraction of sp³-hybridized carbons (Fsp3) is 0.0667. The maximum atomic E-state index is 13.6. The third-order valence-electron chi connectivity index (χ3n) is 3.36. The van der Waals surface area contributed by atoms with Gasteiger partial charge in [-0.15, -0.1) is 3.89 Å². The first kappa shape index (κ1) is 17.7. The smallest absolute Gasteiger partial charge is 0.233 e. The monoisotopic (exact) mass is 403 g/mol. The molecular formula is C15H6Cl2F3N3OS. The van der Waals surface area contributed by atoms with Crippen molar-refractivity contribution in [3.05, 3.63) is 57.2 Å². The van der Waals surface area contributed by atoms with Gasteiger partial charge in [0.1, 0.15) is 45.6 Å². The Morgan fingerprint density at radius 3 is 2.56 bits per heavy atom. The van der Waals surface area contributed by atoms with Crippen molar-refractivity contribution in [3.63, 3.8) is 0 Å². The van der Waals surface area contributed by atoms with Crippen LogP contribution in [0.3, 0.4) is 0 Å². The van der Waals surface area contributed by atoms with Crippen molar-refractivity contribution in [2.24, 2.45) is 0 Å². The minimum Gasteiger partial charge on any atom is -0.471 e. The Labute approximate surface area is 154 Å². The molecule has 0 radical (unpaired) electrons. The molecular weight excluding hydrogens is 398 g/mol. The zero-order valence-corrected chi connectivity index (χ0v) is 14.4. The lowest BCUT2D eigenvalue weighted by molar-refractivity contribution is 0.282. The fourth-order valence-electron chi connectivity index (χ4n) is 2.18. The van der Waals surface area contributed by atoms with E-state index >= 15 is 0 Å². The predicted molar refractivity (Wildman–Crippen MR) is 89.3 cm³/mol. The molecule has 2 aromatic heterocycles. The lowest BCUT2D eigenvalue weighted by Crippen LogP contribution is -2.03. The molecule has 0 amide bonds. The van der Waals surface area contributed by atoms with E-state index in [1.54, 1.807) is 0 Å². The van der Waals surface area contributed by atoms with Crippen molar-refractivity contribution < 1.29 is 17.4 Å². The average molecular weight is 404 g/mol. The summed E-state index contributed by atoms with van der Waals surface area (Å²) in [6.45, 7) is -0.467. The normalized spacial score (nSPS) is 10.9. The van der Waals surface area contributed by atoms with E-state index in [0.29, 0.717) is 0 Å². The zero-order valence-electron chi connectivity index (χ0n) is 12.1. The van der Waals surface area contributed by atoms with Crippen LogP contribution in [-0.4, -0.2) is 8.96 Å². The molecule has 1 aromatic carbocycles. The van der Waals surface area contributed by atoms with Crippen LogP contribution in [0.15, 0.2) is 24.3 Å². The summed E-state index contributed by atoms with van der Waals surface area (Å²) in [7, 11) is 0. The molecule has 3 aromatic rings. The lowest BCUT2D eigenvalue weighted by Gasteiger charge is -2.09. The molecule has 0 aliphatic rings. The van der Waals surface area contributed by atoms with Gasteiger partial charge in [-0.1, -0.05) is 29.3 Å². The lowest BCUT2D eigenvalue weighted by atomic mass is 10.2. The van der Waals surface area contributed by atoms with E-state index in [9.17, 15) is 17.9 Å². The van der Waals surface area contributed by atoms with Gasteiger partial charge < -0.3 is 4.74 Å². The van der Waals surface area contributed by atoms with Crippen LogP contribution in [0.1, 0.15) is 11.1 Å². The number of hydrogen-bond acceptors (Lipinski definition) is 4. The quantitative estimate of drug-likeness (QED) is 0.580. The summed E-state index contributed by atoms with van der Waals surface area (Å²) in [5, 5.41) is 8.98. The number of benzene rings is 1. The number of rotatable bonds is 4.